The zero-order chi connectivity index (χ0) is 13.1. The summed E-state index contributed by atoms with van der Waals surface area (Å²) in [4.78, 5) is 11.1. The number of nitrogens with two attached hydrogens (primary N) is 1. The summed E-state index contributed by atoms with van der Waals surface area (Å²) in [5.74, 6) is 0.228. The number of nitriles is 1. The van der Waals surface area contributed by atoms with Gasteiger partial charge in [0.15, 0.2) is 5.11 Å². The number of nitrogens with one attached hydrogen (secondary N) is 2. The van der Waals surface area contributed by atoms with Gasteiger partial charge in [-0.15, -0.1) is 0 Å². The molecule has 0 aliphatic heterocycles. The molecule has 18 heavy (non-hydrogen) atoms. The fraction of sp³-hybridized carbons (Fsp3) is 0. The van der Waals surface area contributed by atoms with E-state index in [1.54, 1.807) is 24.3 Å². The van der Waals surface area contributed by atoms with Crippen molar-refractivity contribution in [3.05, 3.63) is 46.2 Å². The first kappa shape index (κ1) is 11.9. The van der Waals surface area contributed by atoms with Crippen LogP contribution < -0.4 is 16.6 Å². The highest BCUT2D eigenvalue weighted by molar-refractivity contribution is 7.80. The number of H-pyrrole nitrogens is 1. The molecule has 0 fully saturated rings. The maximum absolute atomic E-state index is 11.1. The first-order valence-corrected chi connectivity index (χ1v) is 5.40. The summed E-state index contributed by atoms with van der Waals surface area (Å²) in [6, 6.07) is 10.0. The lowest BCUT2D eigenvalue weighted by Gasteiger charge is -2.09. The maximum atomic E-state index is 11.1. The van der Waals surface area contributed by atoms with Gasteiger partial charge in [0.1, 0.15) is 5.82 Å². The van der Waals surface area contributed by atoms with Crippen molar-refractivity contribution in [1.82, 2.24) is 9.78 Å². The van der Waals surface area contributed by atoms with Crippen molar-refractivity contribution < 1.29 is 0 Å². The largest absolute Gasteiger partial charge is 0.383 e. The van der Waals surface area contributed by atoms with Crippen LogP contribution >= 0.6 is 12.2 Å². The molecule has 1 aromatic carbocycles. The summed E-state index contributed by atoms with van der Waals surface area (Å²) < 4.78 is 1.27. The summed E-state index contributed by atoms with van der Waals surface area (Å²) in [6.45, 7) is 0. The molecule has 0 saturated carbocycles. The Morgan fingerprint density at radius 2 is 2.11 bits per heavy atom. The van der Waals surface area contributed by atoms with Gasteiger partial charge in [0.2, 0.25) is 0 Å². The number of rotatable bonds is 1. The second-order valence-corrected chi connectivity index (χ2v) is 3.89. The van der Waals surface area contributed by atoms with E-state index in [1.807, 2.05) is 6.07 Å². The van der Waals surface area contributed by atoms with Crippen LogP contribution in [0.15, 0.2) is 35.1 Å². The quantitative estimate of drug-likeness (QED) is 0.660. The summed E-state index contributed by atoms with van der Waals surface area (Å²) in [7, 11) is 0. The molecule has 1 aromatic heterocycles. The molecule has 0 atom stereocenters. The monoisotopic (exact) mass is 259 g/mol. The molecule has 90 valence electrons. The van der Waals surface area contributed by atoms with Crippen LogP contribution in [0.25, 0.3) is 0 Å². The number of hydrogen-bond donors (Lipinski definition) is 3. The molecule has 0 unspecified atom stereocenters. The zero-order valence-electron chi connectivity index (χ0n) is 9.18. The van der Waals surface area contributed by atoms with E-state index in [1.165, 1.54) is 10.7 Å². The highest BCUT2D eigenvalue weighted by atomic mass is 32.1. The Morgan fingerprint density at radius 3 is 2.61 bits per heavy atom. The molecule has 0 bridgehead atoms. The van der Waals surface area contributed by atoms with E-state index in [0.29, 0.717) is 11.3 Å². The van der Waals surface area contributed by atoms with Crippen molar-refractivity contribution >= 4 is 28.8 Å². The van der Waals surface area contributed by atoms with Crippen LogP contribution in [0.4, 0.5) is 11.5 Å². The van der Waals surface area contributed by atoms with Gasteiger partial charge in [-0.05, 0) is 36.5 Å². The van der Waals surface area contributed by atoms with Crippen LogP contribution in [-0.4, -0.2) is 14.9 Å². The fourth-order valence-electron chi connectivity index (χ4n) is 1.38. The Hall–Kier alpha value is -2.59. The zero-order valence-corrected chi connectivity index (χ0v) is 9.99. The Bertz CT molecular complexity index is 677. The number of nitrogen functional groups attached to an aromatic ring is 1. The standard InChI is InChI=1S/C11H9N5OS/c12-6-7-1-3-8(4-2-7)14-11(18)16-9(13)5-10(17)15-16/h1-5H,13H2,(H,14,18)(H,15,17). The Kier molecular flexibility index (Phi) is 3.12. The number of aromatic nitrogens is 2. The van der Waals surface area contributed by atoms with Gasteiger partial charge in [0.25, 0.3) is 5.56 Å². The Labute approximate surface area is 108 Å². The maximum Gasteiger partial charge on any atom is 0.266 e. The molecule has 1 heterocycles. The second kappa shape index (κ2) is 4.73. The Balaban J connectivity index is 2.19. The highest BCUT2D eigenvalue weighted by Gasteiger charge is 2.06. The number of nitrogens with zero attached hydrogens (tertiary/aromatic N) is 2. The molecule has 0 radical (unpaired) electrons. The lowest BCUT2D eigenvalue weighted by atomic mass is 10.2. The lowest BCUT2D eigenvalue weighted by Crippen LogP contribution is -2.23. The van der Waals surface area contributed by atoms with Crippen molar-refractivity contribution in [3.63, 3.8) is 0 Å². The van der Waals surface area contributed by atoms with Crippen LogP contribution in [0.3, 0.4) is 0 Å². The minimum Gasteiger partial charge on any atom is -0.383 e. The van der Waals surface area contributed by atoms with Crippen LogP contribution in [0.2, 0.25) is 0 Å². The number of benzene rings is 1. The molecule has 0 aliphatic carbocycles. The molecule has 4 N–H and O–H groups in total. The summed E-state index contributed by atoms with van der Waals surface area (Å²) in [5, 5.41) is 14.3. The van der Waals surface area contributed by atoms with Gasteiger partial charge in [-0.2, -0.15) is 5.26 Å². The summed E-state index contributed by atoms with van der Waals surface area (Å²) in [6.07, 6.45) is 0. The third-order valence-corrected chi connectivity index (χ3v) is 2.51. The number of thiocarbonyl (C=S) groups is 1. The van der Waals surface area contributed by atoms with E-state index in [0.717, 1.165) is 0 Å². The summed E-state index contributed by atoms with van der Waals surface area (Å²) in [5.41, 5.74) is 6.54. The number of aromatic amines is 1. The summed E-state index contributed by atoms with van der Waals surface area (Å²) >= 11 is 5.10. The molecule has 7 heteroatoms. The van der Waals surface area contributed by atoms with E-state index in [4.69, 9.17) is 23.2 Å². The van der Waals surface area contributed by atoms with Crippen LogP contribution in [0.1, 0.15) is 5.56 Å². The third-order valence-electron chi connectivity index (χ3n) is 2.23. The van der Waals surface area contributed by atoms with Crippen molar-refractivity contribution in [2.24, 2.45) is 0 Å². The van der Waals surface area contributed by atoms with E-state index < -0.39 is 0 Å². The minimum absolute atomic E-state index is 0.228. The van der Waals surface area contributed by atoms with Crippen molar-refractivity contribution in [3.8, 4) is 6.07 Å². The van der Waals surface area contributed by atoms with Gasteiger partial charge in [0.05, 0.1) is 11.6 Å². The van der Waals surface area contributed by atoms with Crippen LogP contribution in [-0.2, 0) is 0 Å². The van der Waals surface area contributed by atoms with E-state index in [2.05, 4.69) is 10.4 Å². The topological polar surface area (TPSA) is 99.6 Å². The number of hydrogen-bond acceptors (Lipinski definition) is 4. The molecule has 2 aromatic rings. The van der Waals surface area contributed by atoms with Crippen LogP contribution in [0, 0.1) is 11.3 Å². The first-order valence-electron chi connectivity index (χ1n) is 4.99. The first-order chi connectivity index (χ1) is 8.60. The normalized spacial score (nSPS) is 9.72. The smallest absolute Gasteiger partial charge is 0.266 e. The molecular formula is C11H9N5OS. The fourth-order valence-corrected chi connectivity index (χ4v) is 1.65. The van der Waals surface area contributed by atoms with E-state index in [-0.39, 0.29) is 16.5 Å². The average molecular weight is 259 g/mol. The van der Waals surface area contributed by atoms with E-state index in [9.17, 15) is 4.79 Å². The Morgan fingerprint density at radius 1 is 1.44 bits per heavy atom. The van der Waals surface area contributed by atoms with Gasteiger partial charge in [-0.25, -0.2) is 4.68 Å². The number of anilines is 2. The molecule has 2 rings (SSSR count). The average Bonchev–Trinajstić information content (AvgIpc) is 2.69. The van der Waals surface area contributed by atoms with E-state index >= 15 is 0 Å². The third kappa shape index (κ3) is 2.39. The molecule has 0 spiro atoms. The van der Waals surface area contributed by atoms with Gasteiger partial charge < -0.3 is 11.1 Å². The van der Waals surface area contributed by atoms with Gasteiger partial charge in [-0.3, -0.25) is 9.89 Å². The SMILES string of the molecule is N#Cc1ccc(NC(=S)n2[nH]c(=O)cc2N)cc1. The minimum atomic E-state index is -0.323. The van der Waals surface area contributed by atoms with Gasteiger partial charge >= 0.3 is 0 Å². The molecule has 0 aliphatic rings. The second-order valence-electron chi connectivity index (χ2n) is 3.50. The molecule has 0 amide bonds. The predicted molar refractivity (Wildman–Crippen MR) is 72.2 cm³/mol. The molecule has 0 saturated heterocycles. The van der Waals surface area contributed by atoms with Crippen molar-refractivity contribution in [1.29, 1.82) is 5.26 Å². The predicted octanol–water partition coefficient (Wildman–Crippen LogP) is 0.875. The molecule has 6 nitrogen and oxygen atoms in total. The van der Waals surface area contributed by atoms with Gasteiger partial charge in [0, 0.05) is 11.8 Å². The van der Waals surface area contributed by atoms with Crippen molar-refractivity contribution in [2.45, 2.75) is 0 Å². The lowest BCUT2D eigenvalue weighted by molar-refractivity contribution is 0.935. The highest BCUT2D eigenvalue weighted by Crippen LogP contribution is 2.09. The van der Waals surface area contributed by atoms with Crippen LogP contribution in [0.5, 0.6) is 0 Å². The van der Waals surface area contributed by atoms with Crippen molar-refractivity contribution in [2.75, 3.05) is 11.1 Å². The molecular weight excluding hydrogens is 250 g/mol. The van der Waals surface area contributed by atoms with Gasteiger partial charge in [-0.1, -0.05) is 0 Å².